The molecular weight excluding hydrogens is 350 g/mol. The van der Waals surface area contributed by atoms with Crippen LogP contribution in [0, 0.1) is 6.92 Å². The molecule has 0 radical (unpaired) electrons. The van der Waals surface area contributed by atoms with Crippen LogP contribution in [0.5, 0.6) is 11.6 Å². The Balaban J connectivity index is 1.66. The molecule has 3 rings (SSSR count). The average molecular weight is 369 g/mol. The summed E-state index contributed by atoms with van der Waals surface area (Å²) in [4.78, 5) is 22.4. The fourth-order valence-electron chi connectivity index (χ4n) is 2.26. The third-order valence-corrected chi connectivity index (χ3v) is 4.62. The summed E-state index contributed by atoms with van der Waals surface area (Å²) in [5.41, 5.74) is 1.70. The number of aromatic nitrogens is 2. The van der Waals surface area contributed by atoms with Gasteiger partial charge in [-0.15, -0.1) is 11.3 Å². The van der Waals surface area contributed by atoms with E-state index in [2.05, 4.69) is 15.3 Å². The number of hydrogen-bond donors (Lipinski definition) is 1. The molecule has 26 heavy (non-hydrogen) atoms. The number of thiophene rings is 1. The van der Waals surface area contributed by atoms with E-state index in [1.807, 2.05) is 37.3 Å². The molecule has 0 aliphatic carbocycles. The number of carbonyl (C=O) groups is 1. The summed E-state index contributed by atoms with van der Waals surface area (Å²) in [6, 6.07) is 11.1. The molecule has 1 amide bonds. The molecule has 3 aromatic heterocycles. The van der Waals surface area contributed by atoms with Gasteiger partial charge in [0, 0.05) is 36.0 Å². The maximum Gasteiger partial charge on any atom is 0.261 e. The van der Waals surface area contributed by atoms with Gasteiger partial charge in [-0.05, 0) is 37.3 Å². The summed E-state index contributed by atoms with van der Waals surface area (Å²) in [6.07, 6.45) is 3.30. The molecule has 134 valence electrons. The fraction of sp³-hybridized carbons (Fsp3) is 0.211. The molecule has 7 heteroatoms. The van der Waals surface area contributed by atoms with Gasteiger partial charge in [-0.3, -0.25) is 9.78 Å². The van der Waals surface area contributed by atoms with Crippen LogP contribution in [-0.4, -0.2) is 23.0 Å². The van der Waals surface area contributed by atoms with Gasteiger partial charge in [-0.2, -0.15) is 0 Å². The van der Waals surface area contributed by atoms with Gasteiger partial charge < -0.3 is 14.8 Å². The average Bonchev–Trinajstić information content (AvgIpc) is 3.12. The fourth-order valence-corrected chi connectivity index (χ4v) is 3.16. The largest absolute Gasteiger partial charge is 0.437 e. The summed E-state index contributed by atoms with van der Waals surface area (Å²) in [5, 5.41) is 2.90. The van der Waals surface area contributed by atoms with Gasteiger partial charge in [0.25, 0.3) is 5.91 Å². The van der Waals surface area contributed by atoms with Crippen molar-refractivity contribution in [2.24, 2.45) is 0 Å². The molecule has 3 heterocycles. The maximum atomic E-state index is 12.3. The first-order chi connectivity index (χ1) is 12.7. The van der Waals surface area contributed by atoms with E-state index in [1.54, 1.807) is 25.6 Å². The van der Waals surface area contributed by atoms with Crippen LogP contribution in [-0.2, 0) is 17.9 Å². The monoisotopic (exact) mass is 369 g/mol. The van der Waals surface area contributed by atoms with Crippen molar-refractivity contribution in [2.75, 3.05) is 7.11 Å². The van der Waals surface area contributed by atoms with Crippen LogP contribution < -0.4 is 10.1 Å². The van der Waals surface area contributed by atoms with E-state index in [-0.39, 0.29) is 5.91 Å². The van der Waals surface area contributed by atoms with Crippen LogP contribution in [0.25, 0.3) is 0 Å². The zero-order chi connectivity index (χ0) is 18.4. The molecule has 6 nitrogen and oxygen atoms in total. The standard InChI is InChI=1S/C19H19N3O3S/c1-13-5-6-15(11-21-13)25-19-14(4-3-9-20-19)10-22-18(23)17-8-7-16(26-17)12-24-2/h3-9,11H,10,12H2,1-2H3,(H,22,23). The van der Waals surface area contributed by atoms with Crippen molar-refractivity contribution in [2.45, 2.75) is 20.1 Å². The van der Waals surface area contributed by atoms with E-state index in [9.17, 15) is 4.79 Å². The van der Waals surface area contributed by atoms with Crippen molar-refractivity contribution in [1.29, 1.82) is 0 Å². The summed E-state index contributed by atoms with van der Waals surface area (Å²) in [5.74, 6) is 0.915. The minimum atomic E-state index is -0.135. The zero-order valence-corrected chi connectivity index (χ0v) is 15.4. The van der Waals surface area contributed by atoms with E-state index in [1.165, 1.54) is 11.3 Å². The van der Waals surface area contributed by atoms with Gasteiger partial charge in [-0.25, -0.2) is 4.98 Å². The summed E-state index contributed by atoms with van der Waals surface area (Å²) in [6.45, 7) is 2.73. The Morgan fingerprint density at radius 1 is 1.19 bits per heavy atom. The normalized spacial score (nSPS) is 10.5. The number of pyridine rings is 2. The Bertz CT molecular complexity index is 878. The van der Waals surface area contributed by atoms with E-state index >= 15 is 0 Å². The smallest absolute Gasteiger partial charge is 0.261 e. The van der Waals surface area contributed by atoms with Gasteiger partial charge in [-0.1, -0.05) is 6.07 Å². The number of methoxy groups -OCH3 is 1. The van der Waals surface area contributed by atoms with Crippen molar-refractivity contribution in [3.63, 3.8) is 0 Å². The lowest BCUT2D eigenvalue weighted by Crippen LogP contribution is -2.22. The lowest BCUT2D eigenvalue weighted by Gasteiger charge is -2.10. The van der Waals surface area contributed by atoms with Gasteiger partial charge in [0.15, 0.2) is 0 Å². The lowest BCUT2D eigenvalue weighted by molar-refractivity contribution is 0.0955. The van der Waals surface area contributed by atoms with Crippen LogP contribution in [0.1, 0.15) is 25.8 Å². The van der Waals surface area contributed by atoms with Crippen molar-refractivity contribution in [1.82, 2.24) is 15.3 Å². The highest BCUT2D eigenvalue weighted by atomic mass is 32.1. The van der Waals surface area contributed by atoms with Crippen LogP contribution >= 0.6 is 11.3 Å². The number of amides is 1. The molecule has 3 aromatic rings. The Hall–Kier alpha value is -2.77. The molecule has 0 aromatic carbocycles. The van der Waals surface area contributed by atoms with Crippen LogP contribution in [0.4, 0.5) is 0 Å². The van der Waals surface area contributed by atoms with Gasteiger partial charge in [0.1, 0.15) is 5.75 Å². The van der Waals surface area contributed by atoms with Gasteiger partial charge in [0.2, 0.25) is 5.88 Å². The van der Waals surface area contributed by atoms with Crippen molar-refractivity contribution in [3.05, 3.63) is 69.8 Å². The predicted molar refractivity (Wildman–Crippen MR) is 99.5 cm³/mol. The van der Waals surface area contributed by atoms with Gasteiger partial charge >= 0.3 is 0 Å². The molecular formula is C19H19N3O3S. The third-order valence-electron chi connectivity index (χ3n) is 3.56. The first kappa shape index (κ1) is 18.0. The molecule has 0 fully saturated rings. The second-order valence-corrected chi connectivity index (χ2v) is 6.76. The predicted octanol–water partition coefficient (Wildman–Crippen LogP) is 3.72. The molecule has 0 aliphatic heterocycles. The second-order valence-electron chi connectivity index (χ2n) is 5.59. The van der Waals surface area contributed by atoms with Crippen LogP contribution in [0.2, 0.25) is 0 Å². The Morgan fingerprint density at radius 2 is 2.08 bits per heavy atom. The quantitative estimate of drug-likeness (QED) is 0.687. The molecule has 0 saturated carbocycles. The minimum Gasteiger partial charge on any atom is -0.437 e. The lowest BCUT2D eigenvalue weighted by atomic mass is 10.2. The molecule has 0 aliphatic rings. The Labute approximate surface area is 155 Å². The van der Waals surface area contributed by atoms with Crippen LogP contribution in [0.15, 0.2) is 48.8 Å². The minimum absolute atomic E-state index is 0.135. The first-order valence-electron chi connectivity index (χ1n) is 8.06. The maximum absolute atomic E-state index is 12.3. The highest BCUT2D eigenvalue weighted by Crippen LogP contribution is 2.23. The van der Waals surface area contributed by atoms with Crippen molar-refractivity contribution < 1.29 is 14.3 Å². The SMILES string of the molecule is COCc1ccc(C(=O)NCc2cccnc2Oc2ccc(C)nc2)s1. The highest BCUT2D eigenvalue weighted by molar-refractivity contribution is 7.14. The van der Waals surface area contributed by atoms with Crippen LogP contribution in [0.3, 0.4) is 0 Å². The summed E-state index contributed by atoms with van der Waals surface area (Å²) >= 11 is 1.42. The number of nitrogens with one attached hydrogen (secondary N) is 1. The molecule has 0 atom stereocenters. The van der Waals surface area contributed by atoms with E-state index < -0.39 is 0 Å². The summed E-state index contributed by atoms with van der Waals surface area (Å²) < 4.78 is 10.9. The van der Waals surface area contributed by atoms with E-state index in [4.69, 9.17) is 9.47 Å². The Morgan fingerprint density at radius 3 is 2.85 bits per heavy atom. The van der Waals surface area contributed by atoms with E-state index in [0.717, 1.165) is 16.1 Å². The highest BCUT2D eigenvalue weighted by Gasteiger charge is 2.12. The number of hydrogen-bond acceptors (Lipinski definition) is 6. The number of rotatable bonds is 7. The molecule has 0 bridgehead atoms. The van der Waals surface area contributed by atoms with E-state index in [0.29, 0.717) is 29.7 Å². The zero-order valence-electron chi connectivity index (χ0n) is 14.6. The van der Waals surface area contributed by atoms with Crippen molar-refractivity contribution in [3.8, 4) is 11.6 Å². The number of carbonyl (C=O) groups excluding carboxylic acids is 1. The Kier molecular flexibility index (Phi) is 5.93. The molecule has 0 unspecified atom stereocenters. The number of ether oxygens (including phenoxy) is 2. The first-order valence-corrected chi connectivity index (χ1v) is 8.87. The number of nitrogens with zero attached hydrogens (tertiary/aromatic N) is 2. The molecule has 0 saturated heterocycles. The number of aryl methyl sites for hydroxylation is 1. The molecule has 0 spiro atoms. The summed E-state index contributed by atoms with van der Waals surface area (Å²) in [7, 11) is 1.63. The second kappa shape index (κ2) is 8.55. The topological polar surface area (TPSA) is 73.3 Å². The van der Waals surface area contributed by atoms with Crippen molar-refractivity contribution >= 4 is 17.2 Å². The van der Waals surface area contributed by atoms with Gasteiger partial charge in [0.05, 0.1) is 17.7 Å². The molecule has 1 N–H and O–H groups in total. The third kappa shape index (κ3) is 4.65.